The van der Waals surface area contributed by atoms with Crippen LogP contribution in [0.2, 0.25) is 0 Å². The Kier molecular flexibility index (Phi) is 26.3. The SMILES string of the molecule is CCC/C=C/CCCC(O)C(O)C(COC1OC(CO)C(O)C(O)C1O)NC(=O)C(O)CCCCCC/C=C\CCCCCCCCC. The number of hydrogen-bond acceptors (Lipinski definition) is 10. The second kappa shape index (κ2) is 28.3. The Bertz CT molecular complexity index is 841. The third-order valence-corrected chi connectivity index (χ3v) is 8.96. The number of aliphatic hydroxyl groups is 7. The van der Waals surface area contributed by atoms with E-state index in [1.165, 1.54) is 44.9 Å². The molecule has 282 valence electrons. The van der Waals surface area contributed by atoms with Crippen molar-refractivity contribution in [3.8, 4) is 0 Å². The van der Waals surface area contributed by atoms with Crippen LogP contribution >= 0.6 is 0 Å². The molecule has 1 saturated heterocycles. The lowest BCUT2D eigenvalue weighted by Crippen LogP contribution is -2.60. The number of aliphatic hydroxyl groups excluding tert-OH is 7. The summed E-state index contributed by atoms with van der Waals surface area (Å²) >= 11 is 0. The van der Waals surface area contributed by atoms with Gasteiger partial charge in [0.15, 0.2) is 6.29 Å². The van der Waals surface area contributed by atoms with Gasteiger partial charge in [-0.25, -0.2) is 0 Å². The zero-order valence-corrected chi connectivity index (χ0v) is 29.7. The summed E-state index contributed by atoms with van der Waals surface area (Å²) in [5.41, 5.74) is 0. The van der Waals surface area contributed by atoms with Crippen molar-refractivity contribution >= 4 is 5.91 Å². The first-order chi connectivity index (χ1) is 23.2. The fraction of sp³-hybridized carbons (Fsp3) is 0.865. The molecule has 48 heavy (non-hydrogen) atoms. The fourth-order valence-corrected chi connectivity index (χ4v) is 5.73. The van der Waals surface area contributed by atoms with Crippen molar-refractivity contribution in [2.75, 3.05) is 13.2 Å². The van der Waals surface area contributed by atoms with Crippen LogP contribution in [0.5, 0.6) is 0 Å². The van der Waals surface area contributed by atoms with Crippen LogP contribution in [-0.4, -0.2) is 110 Å². The summed E-state index contributed by atoms with van der Waals surface area (Å²) < 4.78 is 11.0. The number of allylic oxidation sites excluding steroid dienone is 4. The maximum absolute atomic E-state index is 12.9. The lowest BCUT2D eigenvalue weighted by atomic mass is 9.98. The number of ether oxygens (including phenoxy) is 2. The van der Waals surface area contributed by atoms with Gasteiger partial charge in [-0.15, -0.1) is 0 Å². The van der Waals surface area contributed by atoms with Gasteiger partial charge in [0.25, 0.3) is 0 Å². The maximum Gasteiger partial charge on any atom is 0.249 e. The Morgan fingerprint density at radius 3 is 1.88 bits per heavy atom. The van der Waals surface area contributed by atoms with Crippen molar-refractivity contribution in [1.82, 2.24) is 5.32 Å². The Balaban J connectivity index is 2.53. The molecule has 0 aliphatic carbocycles. The van der Waals surface area contributed by atoms with Crippen molar-refractivity contribution in [3.63, 3.8) is 0 Å². The Morgan fingerprint density at radius 2 is 1.27 bits per heavy atom. The second-order valence-corrected chi connectivity index (χ2v) is 13.3. The number of carbonyl (C=O) groups is 1. The molecule has 0 radical (unpaired) electrons. The first kappa shape index (κ1) is 44.6. The minimum absolute atomic E-state index is 0.239. The summed E-state index contributed by atoms with van der Waals surface area (Å²) in [6.45, 7) is 3.24. The average molecular weight is 688 g/mol. The maximum atomic E-state index is 12.9. The van der Waals surface area contributed by atoms with Crippen LogP contribution in [0.4, 0.5) is 0 Å². The number of carbonyl (C=O) groups excluding carboxylic acids is 1. The van der Waals surface area contributed by atoms with Gasteiger partial charge in [0.1, 0.15) is 36.6 Å². The summed E-state index contributed by atoms with van der Waals surface area (Å²) in [5, 5.41) is 74.7. The van der Waals surface area contributed by atoms with Crippen molar-refractivity contribution in [2.24, 2.45) is 0 Å². The Labute approximate surface area is 289 Å². The fourth-order valence-electron chi connectivity index (χ4n) is 5.73. The molecule has 0 aromatic heterocycles. The molecule has 11 heteroatoms. The minimum Gasteiger partial charge on any atom is -0.394 e. The summed E-state index contributed by atoms with van der Waals surface area (Å²) in [5.74, 6) is -0.723. The van der Waals surface area contributed by atoms with Gasteiger partial charge in [0.05, 0.1) is 25.4 Å². The van der Waals surface area contributed by atoms with E-state index in [1.807, 2.05) is 6.08 Å². The molecular weight excluding hydrogens is 618 g/mol. The molecule has 1 amide bonds. The van der Waals surface area contributed by atoms with Gasteiger partial charge in [-0.1, -0.05) is 102 Å². The van der Waals surface area contributed by atoms with Gasteiger partial charge in [-0.05, 0) is 57.8 Å². The largest absolute Gasteiger partial charge is 0.394 e. The van der Waals surface area contributed by atoms with E-state index in [9.17, 15) is 40.5 Å². The smallest absolute Gasteiger partial charge is 0.249 e. The number of rotatable bonds is 29. The van der Waals surface area contributed by atoms with Crippen molar-refractivity contribution in [3.05, 3.63) is 24.3 Å². The lowest BCUT2D eigenvalue weighted by Gasteiger charge is -2.40. The second-order valence-electron chi connectivity index (χ2n) is 13.3. The van der Waals surface area contributed by atoms with Crippen LogP contribution in [0.15, 0.2) is 24.3 Å². The third kappa shape index (κ3) is 19.1. The topological polar surface area (TPSA) is 189 Å². The Morgan fingerprint density at radius 1 is 0.708 bits per heavy atom. The van der Waals surface area contributed by atoms with Crippen LogP contribution in [0.1, 0.15) is 136 Å². The summed E-state index contributed by atoms with van der Waals surface area (Å²) in [4.78, 5) is 12.9. The van der Waals surface area contributed by atoms with E-state index in [1.54, 1.807) is 0 Å². The highest BCUT2D eigenvalue weighted by atomic mass is 16.7. The van der Waals surface area contributed by atoms with Crippen LogP contribution < -0.4 is 5.32 Å². The summed E-state index contributed by atoms with van der Waals surface area (Å²) in [6, 6.07) is -1.18. The molecule has 0 aromatic rings. The molecule has 1 heterocycles. The third-order valence-electron chi connectivity index (χ3n) is 8.96. The zero-order chi connectivity index (χ0) is 35.6. The molecule has 8 N–H and O–H groups in total. The normalized spacial score (nSPS) is 24.2. The minimum atomic E-state index is -1.66. The number of hydrogen-bond donors (Lipinski definition) is 8. The van der Waals surface area contributed by atoms with E-state index in [0.29, 0.717) is 12.8 Å². The highest BCUT2D eigenvalue weighted by Crippen LogP contribution is 2.23. The number of nitrogens with one attached hydrogen (secondary N) is 1. The summed E-state index contributed by atoms with van der Waals surface area (Å²) in [7, 11) is 0. The molecule has 0 spiro atoms. The molecule has 0 saturated carbocycles. The zero-order valence-electron chi connectivity index (χ0n) is 29.7. The molecule has 0 bridgehead atoms. The molecule has 9 atom stereocenters. The van der Waals surface area contributed by atoms with Crippen LogP contribution in [-0.2, 0) is 14.3 Å². The van der Waals surface area contributed by atoms with Crippen LogP contribution in [0.25, 0.3) is 0 Å². The molecule has 1 aliphatic heterocycles. The lowest BCUT2D eigenvalue weighted by molar-refractivity contribution is -0.303. The van der Waals surface area contributed by atoms with Crippen LogP contribution in [0.3, 0.4) is 0 Å². The van der Waals surface area contributed by atoms with Gasteiger partial charge < -0.3 is 50.5 Å². The predicted octanol–water partition coefficient (Wildman–Crippen LogP) is 3.93. The monoisotopic (exact) mass is 687 g/mol. The highest BCUT2D eigenvalue weighted by molar-refractivity contribution is 5.80. The van der Waals surface area contributed by atoms with Gasteiger partial charge in [-0.3, -0.25) is 4.79 Å². The molecule has 1 aliphatic rings. The van der Waals surface area contributed by atoms with Crippen molar-refractivity contribution in [2.45, 2.75) is 191 Å². The number of unbranched alkanes of at least 4 members (excludes halogenated alkanes) is 13. The van der Waals surface area contributed by atoms with E-state index in [-0.39, 0.29) is 12.8 Å². The van der Waals surface area contributed by atoms with Gasteiger partial charge >= 0.3 is 0 Å². The van der Waals surface area contributed by atoms with E-state index in [0.717, 1.165) is 51.4 Å². The van der Waals surface area contributed by atoms with Crippen LogP contribution in [0, 0.1) is 0 Å². The molecule has 9 unspecified atom stereocenters. The van der Waals surface area contributed by atoms with E-state index in [2.05, 4.69) is 37.4 Å². The molecule has 1 rings (SSSR count). The average Bonchev–Trinajstić information content (AvgIpc) is 3.08. The number of amides is 1. The van der Waals surface area contributed by atoms with Gasteiger partial charge in [0.2, 0.25) is 5.91 Å². The molecule has 11 nitrogen and oxygen atoms in total. The van der Waals surface area contributed by atoms with E-state index >= 15 is 0 Å². The Hall–Kier alpha value is -1.41. The van der Waals surface area contributed by atoms with Crippen molar-refractivity contribution < 1.29 is 50.0 Å². The molecular formula is C37H69NO10. The quantitative estimate of drug-likeness (QED) is 0.0423. The predicted molar refractivity (Wildman–Crippen MR) is 187 cm³/mol. The highest BCUT2D eigenvalue weighted by Gasteiger charge is 2.44. The first-order valence-electron chi connectivity index (χ1n) is 18.7. The molecule has 0 aromatic carbocycles. The van der Waals surface area contributed by atoms with Gasteiger partial charge in [-0.2, -0.15) is 0 Å². The first-order valence-corrected chi connectivity index (χ1v) is 18.7. The van der Waals surface area contributed by atoms with Crippen molar-refractivity contribution in [1.29, 1.82) is 0 Å². The van der Waals surface area contributed by atoms with E-state index in [4.69, 9.17) is 9.47 Å². The summed E-state index contributed by atoms with van der Waals surface area (Å²) in [6.07, 6.45) is 15.8. The van der Waals surface area contributed by atoms with Gasteiger partial charge in [0, 0.05) is 0 Å². The van der Waals surface area contributed by atoms with E-state index < -0.39 is 74.2 Å². The molecule has 1 fully saturated rings. The standard InChI is InChI=1S/C37H69NO10/c1-3-5-7-9-11-12-13-14-15-16-17-18-19-21-23-25-30(41)36(46)38-28(32(42)29(40)24-22-20-10-8-6-4-2)27-47-37-35(45)34(44)33(43)31(26-39)48-37/h8,10,15-16,28-35,37,39-45H,3-7,9,11-14,17-27H2,1-2H3,(H,38,46)/b10-8+,16-15-.